The number of nitrogens with zero attached hydrogens (tertiary/aromatic N) is 2. The minimum Gasteiger partial charge on any atom is -0.325 e. The van der Waals surface area contributed by atoms with E-state index in [2.05, 4.69) is 9.89 Å². The van der Waals surface area contributed by atoms with Crippen molar-refractivity contribution in [2.45, 2.75) is 25.7 Å². The lowest BCUT2D eigenvalue weighted by Gasteiger charge is -2.18. The molecule has 0 spiro atoms. The van der Waals surface area contributed by atoms with Gasteiger partial charge >= 0.3 is 0 Å². The molecule has 3 rings (SSSR count). The highest BCUT2D eigenvalue weighted by Crippen LogP contribution is 2.25. The molecule has 3 nitrogen and oxygen atoms in total. The van der Waals surface area contributed by atoms with E-state index in [-0.39, 0.29) is 5.91 Å². The summed E-state index contributed by atoms with van der Waals surface area (Å²) in [4.78, 5) is 18.2. The third-order valence-electron chi connectivity index (χ3n) is 3.44. The van der Waals surface area contributed by atoms with Crippen LogP contribution in [0.4, 0.5) is 0 Å². The van der Waals surface area contributed by atoms with Gasteiger partial charge in [0.1, 0.15) is 11.5 Å². The lowest BCUT2D eigenvalue weighted by molar-refractivity contribution is -0.114. The number of hydrogen-bond acceptors (Lipinski definition) is 2. The number of rotatable bonds is 1. The Hall–Kier alpha value is -1.90. The molecule has 0 unspecified atom stereocenters. The summed E-state index contributed by atoms with van der Waals surface area (Å²) in [6.45, 7) is 0.920. The highest BCUT2D eigenvalue weighted by Gasteiger charge is 2.29. The van der Waals surface area contributed by atoms with Crippen LogP contribution in [0.3, 0.4) is 0 Å². The minimum atomic E-state index is -0.0873. The van der Waals surface area contributed by atoms with Crippen molar-refractivity contribution in [3.05, 3.63) is 41.6 Å². The molecule has 1 saturated heterocycles. The molecule has 0 aromatic heterocycles. The van der Waals surface area contributed by atoms with Crippen LogP contribution in [0.25, 0.3) is 6.08 Å². The van der Waals surface area contributed by atoms with Crippen LogP contribution < -0.4 is 0 Å². The van der Waals surface area contributed by atoms with Crippen LogP contribution in [0.5, 0.6) is 0 Å². The lowest BCUT2D eigenvalue weighted by atomic mass is 10.2. The summed E-state index contributed by atoms with van der Waals surface area (Å²) in [7, 11) is 0. The SMILES string of the molecule is O=C1N=C2CCCCCN2/C1=C/c1ccccc1. The second-order valence-electron chi connectivity index (χ2n) is 4.74. The number of amidine groups is 1. The van der Waals surface area contributed by atoms with E-state index in [1.54, 1.807) is 0 Å². The van der Waals surface area contributed by atoms with E-state index in [4.69, 9.17) is 0 Å². The summed E-state index contributed by atoms with van der Waals surface area (Å²) in [5.41, 5.74) is 1.79. The quantitative estimate of drug-likeness (QED) is 0.707. The Bertz CT molecular complexity index is 517. The summed E-state index contributed by atoms with van der Waals surface area (Å²) < 4.78 is 0. The van der Waals surface area contributed by atoms with E-state index in [1.807, 2.05) is 36.4 Å². The molecule has 0 bridgehead atoms. The predicted molar refractivity (Wildman–Crippen MR) is 72.0 cm³/mol. The van der Waals surface area contributed by atoms with Crippen molar-refractivity contribution in [1.82, 2.24) is 4.90 Å². The molecule has 1 aromatic rings. The lowest BCUT2D eigenvalue weighted by Crippen LogP contribution is -2.26. The molecule has 1 fully saturated rings. The molecule has 92 valence electrons. The van der Waals surface area contributed by atoms with Crippen LogP contribution in [0, 0.1) is 0 Å². The standard InChI is InChI=1S/C15H16N2O/c18-15-13(11-12-7-3-1-4-8-12)17-10-6-2-5-9-14(17)16-15/h1,3-4,7-8,11H,2,5-6,9-10H2/b13-11+. The van der Waals surface area contributed by atoms with E-state index in [9.17, 15) is 4.79 Å². The summed E-state index contributed by atoms with van der Waals surface area (Å²) in [5, 5.41) is 0. The maximum absolute atomic E-state index is 12.0. The number of carbonyl (C=O) groups excluding carboxylic acids is 1. The fraction of sp³-hybridized carbons (Fsp3) is 0.333. The monoisotopic (exact) mass is 240 g/mol. The topological polar surface area (TPSA) is 32.7 Å². The van der Waals surface area contributed by atoms with Gasteiger partial charge in [0.2, 0.25) is 0 Å². The average molecular weight is 240 g/mol. The van der Waals surface area contributed by atoms with Gasteiger partial charge in [0.05, 0.1) is 0 Å². The van der Waals surface area contributed by atoms with Gasteiger partial charge in [-0.05, 0) is 24.5 Å². The van der Waals surface area contributed by atoms with Crippen LogP contribution >= 0.6 is 0 Å². The molecule has 0 atom stereocenters. The first kappa shape index (κ1) is 11.2. The highest BCUT2D eigenvalue weighted by atomic mass is 16.2. The maximum Gasteiger partial charge on any atom is 0.295 e. The van der Waals surface area contributed by atoms with Crippen molar-refractivity contribution >= 4 is 17.8 Å². The molecule has 2 aliphatic rings. The molecule has 0 aliphatic carbocycles. The molecule has 1 aromatic carbocycles. The van der Waals surface area contributed by atoms with E-state index >= 15 is 0 Å². The van der Waals surface area contributed by atoms with E-state index in [0.717, 1.165) is 42.9 Å². The fourth-order valence-electron chi connectivity index (χ4n) is 2.51. The minimum absolute atomic E-state index is 0.0873. The Morgan fingerprint density at radius 3 is 2.78 bits per heavy atom. The van der Waals surface area contributed by atoms with Gasteiger partial charge in [-0.25, -0.2) is 0 Å². The van der Waals surface area contributed by atoms with Gasteiger partial charge in [-0.15, -0.1) is 0 Å². The van der Waals surface area contributed by atoms with Crippen molar-refractivity contribution in [3.63, 3.8) is 0 Å². The first-order valence-corrected chi connectivity index (χ1v) is 6.51. The van der Waals surface area contributed by atoms with Crippen LogP contribution in [0.2, 0.25) is 0 Å². The summed E-state index contributed by atoms with van der Waals surface area (Å²) in [5.74, 6) is 0.871. The summed E-state index contributed by atoms with van der Waals surface area (Å²) in [6.07, 6.45) is 6.38. The number of carbonyl (C=O) groups is 1. The van der Waals surface area contributed by atoms with Crippen molar-refractivity contribution < 1.29 is 4.79 Å². The molecule has 0 N–H and O–H groups in total. The van der Waals surface area contributed by atoms with Crippen molar-refractivity contribution in [2.24, 2.45) is 4.99 Å². The van der Waals surface area contributed by atoms with Crippen LogP contribution in [0.15, 0.2) is 41.0 Å². The van der Waals surface area contributed by atoms with E-state index in [1.165, 1.54) is 6.42 Å². The largest absolute Gasteiger partial charge is 0.325 e. The zero-order valence-electron chi connectivity index (χ0n) is 10.3. The first-order valence-electron chi connectivity index (χ1n) is 6.51. The summed E-state index contributed by atoms with van der Waals surface area (Å²) in [6, 6.07) is 9.96. The number of amides is 1. The molecule has 3 heteroatoms. The van der Waals surface area contributed by atoms with Gasteiger partial charge in [0.15, 0.2) is 0 Å². The number of benzene rings is 1. The predicted octanol–water partition coefficient (Wildman–Crippen LogP) is 2.84. The molecule has 18 heavy (non-hydrogen) atoms. The number of fused-ring (bicyclic) bond motifs is 1. The highest BCUT2D eigenvalue weighted by molar-refractivity contribution is 6.13. The van der Waals surface area contributed by atoms with Gasteiger partial charge < -0.3 is 4.90 Å². The van der Waals surface area contributed by atoms with Crippen molar-refractivity contribution in [3.8, 4) is 0 Å². The van der Waals surface area contributed by atoms with Gasteiger partial charge in [-0.1, -0.05) is 36.8 Å². The number of aliphatic imine (C=N–C) groups is 1. The molecular weight excluding hydrogens is 224 g/mol. The first-order chi connectivity index (χ1) is 8.84. The van der Waals surface area contributed by atoms with Crippen LogP contribution in [0.1, 0.15) is 31.2 Å². The number of hydrogen-bond donors (Lipinski definition) is 0. The Kier molecular flexibility index (Phi) is 2.97. The Morgan fingerprint density at radius 1 is 1.11 bits per heavy atom. The fourth-order valence-corrected chi connectivity index (χ4v) is 2.51. The third kappa shape index (κ3) is 2.08. The maximum atomic E-state index is 12.0. The Balaban J connectivity index is 1.93. The molecule has 0 saturated carbocycles. The van der Waals surface area contributed by atoms with E-state index < -0.39 is 0 Å². The van der Waals surface area contributed by atoms with Gasteiger partial charge in [0.25, 0.3) is 5.91 Å². The van der Waals surface area contributed by atoms with Gasteiger partial charge in [-0.2, -0.15) is 4.99 Å². The zero-order chi connectivity index (χ0) is 12.4. The molecule has 2 aliphatic heterocycles. The van der Waals surface area contributed by atoms with E-state index in [0.29, 0.717) is 0 Å². The smallest absolute Gasteiger partial charge is 0.295 e. The normalized spacial score (nSPS) is 21.8. The summed E-state index contributed by atoms with van der Waals surface area (Å²) >= 11 is 0. The second kappa shape index (κ2) is 4.77. The Morgan fingerprint density at radius 2 is 1.94 bits per heavy atom. The van der Waals surface area contributed by atoms with Crippen molar-refractivity contribution in [2.75, 3.05) is 6.54 Å². The molecular formula is C15H16N2O. The average Bonchev–Trinajstić information content (AvgIpc) is 2.56. The van der Waals surface area contributed by atoms with Crippen LogP contribution in [-0.4, -0.2) is 23.2 Å². The van der Waals surface area contributed by atoms with Crippen LogP contribution in [-0.2, 0) is 4.79 Å². The van der Waals surface area contributed by atoms with Crippen molar-refractivity contribution in [1.29, 1.82) is 0 Å². The Labute approximate surface area is 107 Å². The molecule has 2 heterocycles. The second-order valence-corrected chi connectivity index (χ2v) is 4.74. The van der Waals surface area contributed by atoms with Gasteiger partial charge in [-0.3, -0.25) is 4.79 Å². The third-order valence-corrected chi connectivity index (χ3v) is 3.44. The molecule has 1 amide bonds. The molecule has 0 radical (unpaired) electrons. The van der Waals surface area contributed by atoms with Gasteiger partial charge in [0, 0.05) is 13.0 Å². The zero-order valence-corrected chi connectivity index (χ0v) is 10.3.